The van der Waals surface area contributed by atoms with E-state index in [1.165, 1.54) is 12.6 Å². The predicted molar refractivity (Wildman–Crippen MR) is 106 cm³/mol. The second kappa shape index (κ2) is 8.16. The molecule has 4 rings (SSSR count). The third-order valence-corrected chi connectivity index (χ3v) is 4.16. The highest BCUT2D eigenvalue weighted by molar-refractivity contribution is 6.21. The normalized spacial score (nSPS) is 11.9. The Kier molecular flexibility index (Phi) is 5.49. The summed E-state index contributed by atoms with van der Waals surface area (Å²) >= 11 is 0. The molecule has 0 fully saturated rings. The van der Waals surface area contributed by atoms with Crippen LogP contribution in [0, 0.1) is 18.8 Å². The van der Waals surface area contributed by atoms with Gasteiger partial charge in [0.15, 0.2) is 0 Å². The van der Waals surface area contributed by atoms with E-state index in [0.717, 1.165) is 16.0 Å². The zero-order valence-electron chi connectivity index (χ0n) is 15.3. The van der Waals surface area contributed by atoms with E-state index < -0.39 is 0 Å². The fraction of sp³-hybridized carbons (Fsp3) is 0.0833. The van der Waals surface area contributed by atoms with E-state index >= 15 is 0 Å². The number of carbonyl (C=O) groups excluding carboxylic acids is 2. The highest BCUT2D eigenvalue weighted by Gasteiger charge is 2.32. The van der Waals surface area contributed by atoms with Gasteiger partial charge in [-0.2, -0.15) is 0 Å². The van der Waals surface area contributed by atoms with Gasteiger partial charge in [0, 0.05) is 18.2 Å². The van der Waals surface area contributed by atoms with E-state index in [2.05, 4.69) is 30.9 Å². The summed E-state index contributed by atoms with van der Waals surface area (Å²) in [5.74, 6) is 5.51. The number of aryl methyl sites for hydroxylation is 1. The fourth-order valence-electron chi connectivity index (χ4n) is 2.64. The molecule has 3 aromatic rings. The molecule has 0 N–H and O–H groups in total. The van der Waals surface area contributed by atoms with Gasteiger partial charge in [-0.1, -0.05) is 65.9 Å². The smallest absolute Gasteiger partial charge is 0.261 e. The summed E-state index contributed by atoms with van der Waals surface area (Å²) in [7, 11) is 1.49. The first-order chi connectivity index (χ1) is 13.1. The lowest BCUT2D eigenvalue weighted by Crippen LogP contribution is -2.24. The van der Waals surface area contributed by atoms with Gasteiger partial charge in [-0.05, 0) is 37.3 Å². The molecule has 2 amide bonds. The lowest BCUT2D eigenvalue weighted by molar-refractivity contribution is 0.0693. The van der Waals surface area contributed by atoms with Crippen molar-refractivity contribution >= 4 is 11.8 Å². The molecule has 0 unspecified atom stereocenters. The summed E-state index contributed by atoms with van der Waals surface area (Å²) in [5, 5.41) is 0. The molecular formula is C24H19NO2. The van der Waals surface area contributed by atoms with Crippen LogP contribution in [-0.4, -0.2) is 23.8 Å². The average molecular weight is 353 g/mol. The fourth-order valence-corrected chi connectivity index (χ4v) is 2.64. The van der Waals surface area contributed by atoms with Gasteiger partial charge in [-0.3, -0.25) is 14.5 Å². The molecule has 0 radical (unpaired) electrons. The molecular weight excluding hydrogens is 334 g/mol. The van der Waals surface area contributed by atoms with E-state index in [1.54, 1.807) is 18.2 Å². The number of imide groups is 1. The van der Waals surface area contributed by atoms with Crippen LogP contribution < -0.4 is 0 Å². The van der Waals surface area contributed by atoms with Crippen molar-refractivity contribution in [3.05, 3.63) is 107 Å². The number of rotatable bonds is 0. The van der Waals surface area contributed by atoms with Crippen LogP contribution in [0.15, 0.2) is 78.9 Å². The summed E-state index contributed by atoms with van der Waals surface area (Å²) in [6.07, 6.45) is 0. The third kappa shape index (κ3) is 4.31. The van der Waals surface area contributed by atoms with Crippen molar-refractivity contribution < 1.29 is 9.59 Å². The van der Waals surface area contributed by atoms with E-state index in [4.69, 9.17) is 0 Å². The molecule has 0 spiro atoms. The first-order valence-electron chi connectivity index (χ1n) is 8.61. The van der Waals surface area contributed by atoms with Crippen molar-refractivity contribution in [2.45, 2.75) is 6.92 Å². The van der Waals surface area contributed by atoms with Crippen LogP contribution in [0.1, 0.15) is 37.4 Å². The van der Waals surface area contributed by atoms with Crippen molar-refractivity contribution in [2.75, 3.05) is 7.05 Å². The second-order valence-corrected chi connectivity index (χ2v) is 6.20. The Hall–Kier alpha value is -3.64. The quantitative estimate of drug-likeness (QED) is 0.446. The Morgan fingerprint density at radius 2 is 1.22 bits per heavy atom. The lowest BCUT2D eigenvalue weighted by Gasteiger charge is -2.02. The van der Waals surface area contributed by atoms with Gasteiger partial charge in [0.05, 0.1) is 11.1 Å². The number of fused-ring (bicyclic) bond motifs is 1. The zero-order valence-corrected chi connectivity index (χ0v) is 15.3. The van der Waals surface area contributed by atoms with Gasteiger partial charge >= 0.3 is 0 Å². The summed E-state index contributed by atoms with van der Waals surface area (Å²) in [6.45, 7) is 2.08. The summed E-state index contributed by atoms with van der Waals surface area (Å²) in [5.41, 5.74) is 3.83. The summed E-state index contributed by atoms with van der Waals surface area (Å²) in [4.78, 5) is 24.8. The van der Waals surface area contributed by atoms with Crippen LogP contribution in [-0.2, 0) is 0 Å². The minimum atomic E-state index is -0.270. The maximum atomic E-state index is 11.9. The number of hydrogen-bond acceptors (Lipinski definition) is 2. The molecule has 0 saturated carbocycles. The molecule has 0 atom stereocenters. The minimum absolute atomic E-state index is 0.257. The number of nitrogens with zero attached hydrogens (tertiary/aromatic N) is 1. The summed E-state index contributed by atoms with van der Waals surface area (Å²) < 4.78 is 0. The van der Waals surface area contributed by atoms with Crippen LogP contribution in [0.2, 0.25) is 0 Å². The van der Waals surface area contributed by atoms with E-state index in [0.29, 0.717) is 11.1 Å². The number of amides is 2. The minimum Gasteiger partial charge on any atom is -0.277 e. The first kappa shape index (κ1) is 18.2. The second-order valence-electron chi connectivity index (χ2n) is 6.20. The molecule has 0 saturated heterocycles. The highest BCUT2D eigenvalue weighted by Crippen LogP contribution is 2.22. The van der Waals surface area contributed by atoms with Crippen molar-refractivity contribution in [3.8, 4) is 11.8 Å². The molecule has 27 heavy (non-hydrogen) atoms. The lowest BCUT2D eigenvalue weighted by atomic mass is 10.1. The molecule has 0 aliphatic carbocycles. The Morgan fingerprint density at radius 1 is 0.667 bits per heavy atom. The number of hydrogen-bond donors (Lipinski definition) is 0. The molecule has 0 aromatic heterocycles. The largest absolute Gasteiger partial charge is 0.277 e. The Labute approximate surface area is 159 Å². The highest BCUT2D eigenvalue weighted by atomic mass is 16.2. The predicted octanol–water partition coefficient (Wildman–Crippen LogP) is 4.31. The van der Waals surface area contributed by atoms with Crippen LogP contribution in [0.5, 0.6) is 0 Å². The molecule has 1 aliphatic rings. The Morgan fingerprint density at radius 3 is 1.81 bits per heavy atom. The van der Waals surface area contributed by atoms with Gasteiger partial charge in [0.1, 0.15) is 0 Å². The molecule has 1 aliphatic heterocycles. The third-order valence-electron chi connectivity index (χ3n) is 4.16. The van der Waals surface area contributed by atoms with E-state index in [-0.39, 0.29) is 11.8 Å². The van der Waals surface area contributed by atoms with Crippen molar-refractivity contribution in [3.63, 3.8) is 0 Å². The van der Waals surface area contributed by atoms with Gasteiger partial charge in [0.2, 0.25) is 0 Å². The number of benzene rings is 3. The Bertz CT molecular complexity index is 1030. The maximum Gasteiger partial charge on any atom is 0.261 e. The molecule has 1 heterocycles. The molecule has 3 heteroatoms. The number of carbonyl (C=O) groups is 2. The van der Waals surface area contributed by atoms with Gasteiger partial charge < -0.3 is 0 Å². The monoisotopic (exact) mass is 353 g/mol. The van der Waals surface area contributed by atoms with Crippen molar-refractivity contribution in [2.24, 2.45) is 0 Å². The van der Waals surface area contributed by atoms with E-state index in [9.17, 15) is 9.59 Å². The molecule has 3 nitrogen and oxygen atoms in total. The molecule has 0 bridgehead atoms. The van der Waals surface area contributed by atoms with Gasteiger partial charge in [-0.15, -0.1) is 0 Å². The van der Waals surface area contributed by atoms with Crippen LogP contribution in [0.3, 0.4) is 0 Å². The van der Waals surface area contributed by atoms with Crippen molar-refractivity contribution in [1.29, 1.82) is 0 Å². The van der Waals surface area contributed by atoms with Crippen LogP contribution in [0.25, 0.3) is 0 Å². The van der Waals surface area contributed by atoms with Gasteiger partial charge in [0.25, 0.3) is 11.8 Å². The standard InChI is InChI=1S/C17H11NO2.C7H8/c1-18-16(19)14-10-9-13(11-15(14)17(18)20)8-7-12-5-3-2-4-6-12;1-7-5-3-2-4-6-7/h2-6,9-11H,1H3;2-6H,1H3. The molecule has 132 valence electrons. The SMILES string of the molecule is CN1C(=O)c2ccc(C#Cc3ccccc3)cc2C1=O.Cc1ccccc1. The average Bonchev–Trinajstić information content (AvgIpc) is 2.92. The summed E-state index contributed by atoms with van der Waals surface area (Å²) in [6, 6.07) is 25.0. The van der Waals surface area contributed by atoms with Crippen LogP contribution in [0.4, 0.5) is 0 Å². The molecule has 3 aromatic carbocycles. The van der Waals surface area contributed by atoms with Gasteiger partial charge in [-0.25, -0.2) is 0 Å². The van der Waals surface area contributed by atoms with E-state index in [1.807, 2.05) is 48.5 Å². The van der Waals surface area contributed by atoms with Crippen LogP contribution >= 0.6 is 0 Å². The first-order valence-corrected chi connectivity index (χ1v) is 8.61. The topological polar surface area (TPSA) is 37.4 Å². The maximum absolute atomic E-state index is 11.9. The zero-order chi connectivity index (χ0) is 19.2. The van der Waals surface area contributed by atoms with Crippen molar-refractivity contribution in [1.82, 2.24) is 4.90 Å². The Balaban J connectivity index is 0.000000253.